The van der Waals surface area contributed by atoms with Crippen molar-refractivity contribution in [1.29, 1.82) is 0 Å². The van der Waals surface area contributed by atoms with Gasteiger partial charge in [0.15, 0.2) is 0 Å². The van der Waals surface area contributed by atoms with Gasteiger partial charge in [0.2, 0.25) is 0 Å². The minimum atomic E-state index is -0.906. The van der Waals surface area contributed by atoms with Crippen LogP contribution in [0.2, 0.25) is 0 Å². The maximum Gasteiger partial charge on any atom is 0.303 e. The monoisotopic (exact) mass is 281 g/mol. The number of carboxylic acid groups (broad SMARTS) is 1. The van der Waals surface area contributed by atoms with E-state index in [0.717, 1.165) is 6.07 Å². The number of phenolic OH excluding ortho intramolecular Hbond substituents is 2. The number of hydrogen-bond donors (Lipinski definition) is 3. The molecule has 0 aromatic heterocycles. The summed E-state index contributed by atoms with van der Waals surface area (Å²) in [5.74, 6) is -1.64. The van der Waals surface area contributed by atoms with Gasteiger partial charge in [0.1, 0.15) is 11.5 Å². The van der Waals surface area contributed by atoms with Crippen molar-refractivity contribution in [2.75, 3.05) is 6.54 Å². The number of benzene rings is 1. The van der Waals surface area contributed by atoms with Gasteiger partial charge in [-0.3, -0.25) is 9.59 Å². The number of hydrogen-bond acceptors (Lipinski definition) is 4. The Labute approximate surface area is 117 Å². The first-order valence-corrected chi connectivity index (χ1v) is 6.37. The second kappa shape index (κ2) is 6.79. The van der Waals surface area contributed by atoms with Gasteiger partial charge in [-0.05, 0) is 32.4 Å². The summed E-state index contributed by atoms with van der Waals surface area (Å²) < 4.78 is 0. The van der Waals surface area contributed by atoms with Crippen molar-refractivity contribution in [1.82, 2.24) is 4.90 Å². The highest BCUT2D eigenvalue weighted by molar-refractivity contribution is 5.95. The van der Waals surface area contributed by atoms with E-state index in [1.807, 2.05) is 13.8 Å². The van der Waals surface area contributed by atoms with Crippen LogP contribution in [0.1, 0.15) is 37.0 Å². The van der Waals surface area contributed by atoms with Gasteiger partial charge in [-0.2, -0.15) is 0 Å². The standard InChI is InChI=1S/C14H19NO5/c1-9(2)15(5-3-4-13(18)19)14(20)10-6-11(16)8-12(17)7-10/h6-9,16-17H,3-5H2,1-2H3,(H,18,19). The SMILES string of the molecule is CC(C)N(CCCC(=O)O)C(=O)c1cc(O)cc(O)c1. The lowest BCUT2D eigenvalue weighted by atomic mass is 10.1. The first-order chi connectivity index (χ1) is 9.31. The van der Waals surface area contributed by atoms with E-state index in [1.165, 1.54) is 17.0 Å². The lowest BCUT2D eigenvalue weighted by Crippen LogP contribution is -2.37. The highest BCUT2D eigenvalue weighted by atomic mass is 16.4. The third-order valence-electron chi connectivity index (χ3n) is 2.82. The molecule has 1 aromatic rings. The molecule has 20 heavy (non-hydrogen) atoms. The van der Waals surface area contributed by atoms with Crippen molar-refractivity contribution in [3.63, 3.8) is 0 Å². The molecule has 0 bridgehead atoms. The molecule has 0 aliphatic heterocycles. The molecule has 1 rings (SSSR count). The summed E-state index contributed by atoms with van der Waals surface area (Å²) in [5.41, 5.74) is 0.173. The van der Waals surface area contributed by atoms with Crippen molar-refractivity contribution in [3.8, 4) is 11.5 Å². The molecule has 0 aliphatic carbocycles. The van der Waals surface area contributed by atoms with Gasteiger partial charge in [0.25, 0.3) is 5.91 Å². The van der Waals surface area contributed by atoms with E-state index in [2.05, 4.69) is 0 Å². The van der Waals surface area contributed by atoms with Gasteiger partial charge in [-0.15, -0.1) is 0 Å². The third kappa shape index (κ3) is 4.46. The molecule has 1 amide bonds. The fraction of sp³-hybridized carbons (Fsp3) is 0.429. The first kappa shape index (κ1) is 15.8. The molecule has 0 fully saturated rings. The van der Waals surface area contributed by atoms with Gasteiger partial charge >= 0.3 is 5.97 Å². The Balaban J connectivity index is 2.85. The number of phenols is 2. The van der Waals surface area contributed by atoms with E-state index >= 15 is 0 Å². The van der Waals surface area contributed by atoms with Crippen LogP contribution in [0.15, 0.2) is 18.2 Å². The smallest absolute Gasteiger partial charge is 0.303 e. The Kier molecular flexibility index (Phi) is 5.37. The molecule has 1 aromatic carbocycles. The lowest BCUT2D eigenvalue weighted by molar-refractivity contribution is -0.137. The zero-order valence-electron chi connectivity index (χ0n) is 11.5. The predicted molar refractivity (Wildman–Crippen MR) is 72.8 cm³/mol. The Morgan fingerprint density at radius 2 is 1.70 bits per heavy atom. The van der Waals surface area contributed by atoms with Crippen LogP contribution >= 0.6 is 0 Å². The molecule has 6 heteroatoms. The summed E-state index contributed by atoms with van der Waals surface area (Å²) in [7, 11) is 0. The maximum atomic E-state index is 12.3. The molecule has 110 valence electrons. The number of amides is 1. The van der Waals surface area contributed by atoms with Gasteiger partial charge in [0, 0.05) is 30.6 Å². The van der Waals surface area contributed by atoms with Crippen LogP contribution in [0, 0.1) is 0 Å². The van der Waals surface area contributed by atoms with E-state index in [-0.39, 0.29) is 35.4 Å². The fourth-order valence-electron chi connectivity index (χ4n) is 1.88. The van der Waals surface area contributed by atoms with E-state index in [4.69, 9.17) is 5.11 Å². The van der Waals surface area contributed by atoms with Gasteiger partial charge < -0.3 is 20.2 Å². The van der Waals surface area contributed by atoms with Gasteiger partial charge in [0.05, 0.1) is 0 Å². The zero-order valence-corrected chi connectivity index (χ0v) is 11.5. The molecule has 0 heterocycles. The van der Waals surface area contributed by atoms with Gasteiger partial charge in [-0.1, -0.05) is 0 Å². The number of aromatic hydroxyl groups is 2. The largest absolute Gasteiger partial charge is 0.508 e. The molecule has 0 aliphatic rings. The summed E-state index contributed by atoms with van der Waals surface area (Å²) in [4.78, 5) is 24.3. The molecular weight excluding hydrogens is 262 g/mol. The molecule has 6 nitrogen and oxygen atoms in total. The van der Waals surface area contributed by atoms with Crippen molar-refractivity contribution in [3.05, 3.63) is 23.8 Å². The van der Waals surface area contributed by atoms with Crippen LogP contribution in [0.25, 0.3) is 0 Å². The molecule has 3 N–H and O–H groups in total. The minimum Gasteiger partial charge on any atom is -0.508 e. The Morgan fingerprint density at radius 3 is 2.15 bits per heavy atom. The highest BCUT2D eigenvalue weighted by Crippen LogP contribution is 2.22. The normalized spacial score (nSPS) is 10.6. The van der Waals surface area contributed by atoms with Crippen LogP contribution in [0.4, 0.5) is 0 Å². The van der Waals surface area contributed by atoms with Crippen molar-refractivity contribution < 1.29 is 24.9 Å². The van der Waals surface area contributed by atoms with Crippen LogP contribution in [0.3, 0.4) is 0 Å². The van der Waals surface area contributed by atoms with Crippen molar-refractivity contribution in [2.24, 2.45) is 0 Å². The number of rotatable bonds is 6. The zero-order chi connectivity index (χ0) is 15.3. The number of carbonyl (C=O) groups excluding carboxylic acids is 1. The van der Waals surface area contributed by atoms with Crippen LogP contribution in [-0.4, -0.2) is 44.7 Å². The van der Waals surface area contributed by atoms with Crippen molar-refractivity contribution in [2.45, 2.75) is 32.7 Å². The first-order valence-electron chi connectivity index (χ1n) is 6.37. The minimum absolute atomic E-state index is 0.0121. The quantitative estimate of drug-likeness (QED) is 0.738. The maximum absolute atomic E-state index is 12.3. The Hall–Kier alpha value is -2.24. The highest BCUT2D eigenvalue weighted by Gasteiger charge is 2.19. The van der Waals surface area contributed by atoms with E-state index in [1.54, 1.807) is 0 Å². The number of aliphatic carboxylic acids is 1. The van der Waals surface area contributed by atoms with Crippen LogP contribution in [-0.2, 0) is 4.79 Å². The van der Waals surface area contributed by atoms with Crippen LogP contribution < -0.4 is 0 Å². The van der Waals surface area contributed by atoms with Crippen molar-refractivity contribution >= 4 is 11.9 Å². The molecule has 0 spiro atoms. The third-order valence-corrected chi connectivity index (χ3v) is 2.82. The lowest BCUT2D eigenvalue weighted by Gasteiger charge is -2.26. The summed E-state index contributed by atoms with van der Waals surface area (Å²) in [6, 6.07) is 3.57. The van der Waals surface area contributed by atoms with E-state index in [0.29, 0.717) is 13.0 Å². The number of carboxylic acids is 1. The fourth-order valence-corrected chi connectivity index (χ4v) is 1.88. The topological polar surface area (TPSA) is 98.1 Å². The summed E-state index contributed by atoms with van der Waals surface area (Å²) in [6.07, 6.45) is 0.339. The summed E-state index contributed by atoms with van der Waals surface area (Å²) in [5, 5.41) is 27.4. The number of carbonyl (C=O) groups is 2. The summed E-state index contributed by atoms with van der Waals surface area (Å²) in [6.45, 7) is 3.95. The molecular formula is C14H19NO5. The number of nitrogens with zero attached hydrogens (tertiary/aromatic N) is 1. The van der Waals surface area contributed by atoms with Crippen LogP contribution in [0.5, 0.6) is 11.5 Å². The van der Waals surface area contributed by atoms with E-state index < -0.39 is 5.97 Å². The predicted octanol–water partition coefficient (Wildman–Crippen LogP) is 1.81. The average Bonchev–Trinajstić information content (AvgIpc) is 2.31. The molecule has 0 saturated heterocycles. The average molecular weight is 281 g/mol. The Morgan fingerprint density at radius 1 is 1.15 bits per heavy atom. The molecule has 0 atom stereocenters. The molecule has 0 radical (unpaired) electrons. The second-order valence-corrected chi connectivity index (χ2v) is 4.83. The molecule has 0 unspecified atom stereocenters. The van der Waals surface area contributed by atoms with E-state index in [9.17, 15) is 19.8 Å². The Bertz CT molecular complexity index is 478. The summed E-state index contributed by atoms with van der Waals surface area (Å²) >= 11 is 0. The molecule has 0 saturated carbocycles. The second-order valence-electron chi connectivity index (χ2n) is 4.83. The van der Waals surface area contributed by atoms with Gasteiger partial charge in [-0.25, -0.2) is 0 Å².